The zero-order chi connectivity index (χ0) is 12.1. The van der Waals surface area contributed by atoms with Gasteiger partial charge in [0, 0.05) is 12.6 Å². The first-order valence-corrected chi connectivity index (χ1v) is 5.01. The third-order valence-electron chi connectivity index (χ3n) is 2.21. The molecule has 16 heavy (non-hydrogen) atoms. The summed E-state index contributed by atoms with van der Waals surface area (Å²) < 4.78 is 13.3. The van der Waals surface area contributed by atoms with E-state index in [0.29, 0.717) is 13.1 Å². The Morgan fingerprint density at radius 2 is 2.31 bits per heavy atom. The molecule has 0 aliphatic rings. The van der Waals surface area contributed by atoms with Gasteiger partial charge in [-0.25, -0.2) is 4.39 Å². The summed E-state index contributed by atoms with van der Waals surface area (Å²) in [6.45, 7) is 2.74. The van der Waals surface area contributed by atoms with E-state index in [9.17, 15) is 9.18 Å². The van der Waals surface area contributed by atoms with E-state index in [2.05, 4.69) is 5.32 Å². The van der Waals surface area contributed by atoms with Gasteiger partial charge in [-0.3, -0.25) is 4.79 Å². The van der Waals surface area contributed by atoms with E-state index in [4.69, 9.17) is 10.8 Å². The Labute approximate surface area is 93.3 Å². The van der Waals surface area contributed by atoms with Crippen LogP contribution in [0.3, 0.4) is 0 Å². The van der Waals surface area contributed by atoms with Gasteiger partial charge in [0.2, 0.25) is 0 Å². The number of nitrogens with one attached hydrogen (secondary N) is 1. The van der Waals surface area contributed by atoms with Crippen LogP contribution in [0, 0.1) is 11.7 Å². The molecule has 4 N–H and O–H groups in total. The Morgan fingerprint density at radius 3 is 2.88 bits per heavy atom. The molecule has 0 heterocycles. The van der Waals surface area contributed by atoms with Crippen molar-refractivity contribution in [3.63, 3.8) is 0 Å². The summed E-state index contributed by atoms with van der Waals surface area (Å²) in [5.41, 5.74) is 5.31. The molecule has 0 bridgehead atoms. The molecule has 1 atom stereocenters. The quantitative estimate of drug-likeness (QED) is 0.712. The smallest absolute Gasteiger partial charge is 0.254 e. The standard InChI is InChI=1S/C11H15FN2O2/c1-7(5-13)6-14-11(16)9-3-2-8(15)4-10(9)12/h2-4,7,15H,5-6,13H2,1H3,(H,14,16). The topological polar surface area (TPSA) is 75.3 Å². The van der Waals surface area contributed by atoms with E-state index in [1.54, 1.807) is 0 Å². The molecule has 0 saturated carbocycles. The molecule has 0 aliphatic heterocycles. The van der Waals surface area contributed by atoms with Gasteiger partial charge in [0.25, 0.3) is 5.91 Å². The second-order valence-electron chi connectivity index (χ2n) is 3.72. The zero-order valence-corrected chi connectivity index (χ0v) is 9.03. The molecule has 5 heteroatoms. The minimum absolute atomic E-state index is 0.0815. The molecule has 1 aromatic carbocycles. The summed E-state index contributed by atoms with van der Waals surface area (Å²) in [6.07, 6.45) is 0. The lowest BCUT2D eigenvalue weighted by Crippen LogP contribution is -2.31. The van der Waals surface area contributed by atoms with Gasteiger partial charge >= 0.3 is 0 Å². The molecule has 1 amide bonds. The van der Waals surface area contributed by atoms with Gasteiger partial charge in [-0.1, -0.05) is 6.92 Å². The van der Waals surface area contributed by atoms with Crippen LogP contribution in [0.5, 0.6) is 5.75 Å². The van der Waals surface area contributed by atoms with Crippen LogP contribution in [-0.2, 0) is 0 Å². The Kier molecular flexibility index (Phi) is 4.25. The highest BCUT2D eigenvalue weighted by Gasteiger charge is 2.12. The van der Waals surface area contributed by atoms with Gasteiger partial charge in [0.1, 0.15) is 11.6 Å². The number of nitrogens with two attached hydrogens (primary N) is 1. The highest BCUT2D eigenvalue weighted by molar-refractivity contribution is 5.94. The fourth-order valence-corrected chi connectivity index (χ4v) is 1.13. The van der Waals surface area contributed by atoms with Crippen molar-refractivity contribution in [2.75, 3.05) is 13.1 Å². The van der Waals surface area contributed by atoms with E-state index in [0.717, 1.165) is 6.07 Å². The predicted octanol–water partition coefficient (Wildman–Crippen LogP) is 0.856. The van der Waals surface area contributed by atoms with Crippen molar-refractivity contribution in [2.45, 2.75) is 6.92 Å². The molecule has 1 rings (SSSR count). The predicted molar refractivity (Wildman–Crippen MR) is 58.6 cm³/mol. The Hall–Kier alpha value is -1.62. The molecule has 0 radical (unpaired) electrons. The van der Waals surface area contributed by atoms with Gasteiger partial charge in [-0.2, -0.15) is 0 Å². The highest BCUT2D eigenvalue weighted by atomic mass is 19.1. The lowest BCUT2D eigenvalue weighted by atomic mass is 10.1. The number of carbonyl (C=O) groups excluding carboxylic acids is 1. The first-order chi connectivity index (χ1) is 7.54. The minimum Gasteiger partial charge on any atom is -0.508 e. The van der Waals surface area contributed by atoms with Crippen LogP contribution < -0.4 is 11.1 Å². The maximum atomic E-state index is 13.3. The van der Waals surface area contributed by atoms with Crippen molar-refractivity contribution in [1.29, 1.82) is 0 Å². The first kappa shape index (κ1) is 12.4. The van der Waals surface area contributed by atoms with Gasteiger partial charge in [0.15, 0.2) is 0 Å². The normalized spacial score (nSPS) is 12.2. The second kappa shape index (κ2) is 5.46. The molecule has 0 aliphatic carbocycles. The van der Waals surface area contributed by atoms with E-state index < -0.39 is 11.7 Å². The molecule has 4 nitrogen and oxygen atoms in total. The fraction of sp³-hybridized carbons (Fsp3) is 0.364. The van der Waals surface area contributed by atoms with Crippen molar-refractivity contribution < 1.29 is 14.3 Å². The van der Waals surface area contributed by atoms with Gasteiger partial charge in [0.05, 0.1) is 5.56 Å². The van der Waals surface area contributed by atoms with Crippen molar-refractivity contribution in [3.8, 4) is 5.75 Å². The number of phenolic OH excluding ortho intramolecular Hbond substituents is 1. The van der Waals surface area contributed by atoms with E-state index in [1.165, 1.54) is 12.1 Å². The molecule has 0 saturated heterocycles. The summed E-state index contributed by atoms with van der Waals surface area (Å²) >= 11 is 0. The monoisotopic (exact) mass is 226 g/mol. The lowest BCUT2D eigenvalue weighted by Gasteiger charge is -2.10. The number of aromatic hydroxyl groups is 1. The molecule has 0 fully saturated rings. The summed E-state index contributed by atoms with van der Waals surface area (Å²) in [5.74, 6) is -1.30. The average molecular weight is 226 g/mol. The maximum Gasteiger partial charge on any atom is 0.254 e. The van der Waals surface area contributed by atoms with Crippen LogP contribution in [0.25, 0.3) is 0 Å². The van der Waals surface area contributed by atoms with Crippen molar-refractivity contribution in [1.82, 2.24) is 5.32 Å². The number of benzene rings is 1. The highest BCUT2D eigenvalue weighted by Crippen LogP contribution is 2.14. The van der Waals surface area contributed by atoms with E-state index >= 15 is 0 Å². The molecule has 1 unspecified atom stereocenters. The van der Waals surface area contributed by atoms with Gasteiger partial charge in [-0.05, 0) is 24.6 Å². The fourth-order valence-electron chi connectivity index (χ4n) is 1.13. The number of hydrogen-bond donors (Lipinski definition) is 3. The third kappa shape index (κ3) is 3.20. The number of rotatable bonds is 4. The van der Waals surface area contributed by atoms with Crippen molar-refractivity contribution >= 4 is 5.91 Å². The molecule has 0 spiro atoms. The van der Waals surface area contributed by atoms with Crippen molar-refractivity contribution in [3.05, 3.63) is 29.6 Å². The van der Waals surface area contributed by atoms with E-state index in [1.807, 2.05) is 6.92 Å². The minimum atomic E-state index is -0.738. The van der Waals surface area contributed by atoms with Crippen LogP contribution in [0.2, 0.25) is 0 Å². The molecular weight excluding hydrogens is 211 g/mol. The summed E-state index contributed by atoms with van der Waals surface area (Å²) in [5, 5.41) is 11.6. The molecular formula is C11H15FN2O2. The number of amides is 1. The molecule has 0 aromatic heterocycles. The maximum absolute atomic E-state index is 13.3. The average Bonchev–Trinajstić information content (AvgIpc) is 2.25. The van der Waals surface area contributed by atoms with Crippen LogP contribution in [0.1, 0.15) is 17.3 Å². The Bertz CT molecular complexity index is 382. The number of carbonyl (C=O) groups is 1. The molecule has 88 valence electrons. The van der Waals surface area contributed by atoms with Crippen LogP contribution >= 0.6 is 0 Å². The summed E-state index contributed by atoms with van der Waals surface area (Å²) in [7, 11) is 0. The van der Waals surface area contributed by atoms with Gasteiger partial charge in [-0.15, -0.1) is 0 Å². The van der Waals surface area contributed by atoms with Crippen LogP contribution in [0.15, 0.2) is 18.2 Å². The summed E-state index contributed by atoms with van der Waals surface area (Å²) in [4.78, 5) is 11.5. The van der Waals surface area contributed by atoms with Crippen LogP contribution in [-0.4, -0.2) is 24.1 Å². The zero-order valence-electron chi connectivity index (χ0n) is 9.03. The third-order valence-corrected chi connectivity index (χ3v) is 2.21. The van der Waals surface area contributed by atoms with Gasteiger partial charge < -0.3 is 16.2 Å². The SMILES string of the molecule is CC(CN)CNC(=O)c1ccc(O)cc1F. The van der Waals surface area contributed by atoms with E-state index in [-0.39, 0.29) is 17.2 Å². The van der Waals surface area contributed by atoms with Crippen LogP contribution in [0.4, 0.5) is 4.39 Å². The number of hydrogen-bond acceptors (Lipinski definition) is 3. The molecule has 1 aromatic rings. The number of phenols is 1. The Balaban J connectivity index is 2.66. The number of halogens is 1. The summed E-state index contributed by atoms with van der Waals surface area (Å²) in [6, 6.07) is 3.42. The van der Waals surface area contributed by atoms with Crippen molar-refractivity contribution in [2.24, 2.45) is 11.7 Å². The Morgan fingerprint density at radius 1 is 1.62 bits per heavy atom. The lowest BCUT2D eigenvalue weighted by molar-refractivity contribution is 0.0944. The largest absolute Gasteiger partial charge is 0.508 e. The first-order valence-electron chi connectivity index (χ1n) is 5.01. The second-order valence-corrected chi connectivity index (χ2v) is 3.72.